The van der Waals surface area contributed by atoms with Crippen molar-refractivity contribution in [3.8, 4) is 0 Å². The molecule has 0 spiro atoms. The molecule has 0 bridgehead atoms. The van der Waals surface area contributed by atoms with Gasteiger partial charge in [0.2, 0.25) is 15.9 Å². The molecule has 0 aliphatic heterocycles. The maximum atomic E-state index is 13.9. The van der Waals surface area contributed by atoms with Crippen LogP contribution in [0.15, 0.2) is 60.7 Å². The fraction of sp³-hybridized carbons (Fsp3) is 0.533. The highest BCUT2D eigenvalue weighted by molar-refractivity contribution is 7.88. The molecule has 0 heterocycles. The Hall–Kier alpha value is -2.95. The third kappa shape index (κ3) is 10.6. The first-order chi connectivity index (χ1) is 18.5. The molecule has 2 aromatic carbocycles. The molecule has 0 unspecified atom stereocenters. The monoisotopic (exact) mass is 575 g/mol. The number of hydrogen-bond donors (Lipinski definition) is 3. The highest BCUT2D eigenvalue weighted by atomic mass is 32.2. The molecule has 9 nitrogen and oxygen atoms in total. The van der Waals surface area contributed by atoms with Crippen molar-refractivity contribution in [1.82, 2.24) is 14.5 Å². The fourth-order valence-electron chi connectivity index (χ4n) is 4.63. The minimum Gasteiger partial charge on any atom is -0.465 e. The van der Waals surface area contributed by atoms with Gasteiger partial charge in [-0.1, -0.05) is 95.3 Å². The number of carbonyl (C=O) groups excluding carboxylic acids is 1. The Morgan fingerprint density at radius 3 is 1.90 bits per heavy atom. The number of benzene rings is 2. The van der Waals surface area contributed by atoms with Crippen molar-refractivity contribution in [2.45, 2.75) is 72.2 Å². The number of nitrogens with zero attached hydrogens (tertiary/aromatic N) is 2. The van der Waals surface area contributed by atoms with Gasteiger partial charge in [0.15, 0.2) is 0 Å². The molecule has 0 saturated heterocycles. The summed E-state index contributed by atoms with van der Waals surface area (Å²) in [7, 11) is -3.56. The summed E-state index contributed by atoms with van der Waals surface area (Å²) in [6.45, 7) is 9.58. The Bertz CT molecular complexity index is 1200. The Morgan fingerprint density at radius 1 is 0.925 bits per heavy atom. The van der Waals surface area contributed by atoms with Gasteiger partial charge in [-0.25, -0.2) is 17.5 Å². The van der Waals surface area contributed by atoms with Crippen molar-refractivity contribution in [3.05, 3.63) is 71.8 Å². The lowest BCUT2D eigenvalue weighted by Crippen LogP contribution is -2.61. The second-order valence-electron chi connectivity index (χ2n) is 11.9. The standard InChI is InChI=1S/C30H45N3O6S/c1-23(2)17-19-32(40(6,38)39)20-18-30(37,21-24-13-9-7-10-14-24)31-27(34)26(29(3,4)5)33(28(35)36)22-25-15-11-8-12-16-25/h7-16,23,26,37H,17-22H2,1-6H3,(H,31,34)(H,35,36)/t26-,30-/m1/s1. The predicted octanol–water partition coefficient (Wildman–Crippen LogP) is 4.33. The minimum atomic E-state index is -3.56. The van der Waals surface area contributed by atoms with Gasteiger partial charge in [-0.3, -0.25) is 9.69 Å². The molecule has 0 radical (unpaired) electrons. The van der Waals surface area contributed by atoms with Crippen LogP contribution in [-0.4, -0.2) is 70.9 Å². The maximum absolute atomic E-state index is 13.9. The van der Waals surface area contributed by atoms with E-state index in [-0.39, 0.29) is 31.8 Å². The van der Waals surface area contributed by atoms with Gasteiger partial charge < -0.3 is 15.5 Å². The molecule has 222 valence electrons. The largest absolute Gasteiger partial charge is 0.465 e. The second-order valence-corrected chi connectivity index (χ2v) is 13.9. The lowest BCUT2D eigenvalue weighted by Gasteiger charge is -2.40. The average Bonchev–Trinajstić information content (AvgIpc) is 2.82. The Kier molecular flexibility index (Phi) is 11.7. The highest BCUT2D eigenvalue weighted by Gasteiger charge is 2.42. The van der Waals surface area contributed by atoms with E-state index in [1.54, 1.807) is 45.0 Å². The topological polar surface area (TPSA) is 127 Å². The van der Waals surface area contributed by atoms with Crippen molar-refractivity contribution in [2.75, 3.05) is 19.3 Å². The zero-order valence-corrected chi connectivity index (χ0v) is 25.3. The lowest BCUT2D eigenvalue weighted by atomic mass is 9.84. The zero-order valence-electron chi connectivity index (χ0n) is 24.5. The lowest BCUT2D eigenvalue weighted by molar-refractivity contribution is -0.138. The number of sulfonamides is 1. The first-order valence-electron chi connectivity index (χ1n) is 13.6. The SMILES string of the molecule is CC(C)CCN(CC[C@@](O)(Cc1ccccc1)NC(=O)[C@@H](N(Cc1ccccc1)C(=O)O)C(C)(C)C)S(C)(=O)=O. The number of aliphatic hydroxyl groups is 1. The summed E-state index contributed by atoms with van der Waals surface area (Å²) in [5.74, 6) is -0.372. The van der Waals surface area contributed by atoms with Crippen LogP contribution < -0.4 is 5.32 Å². The third-order valence-corrected chi connectivity index (χ3v) is 8.02. The van der Waals surface area contributed by atoms with E-state index >= 15 is 0 Å². The van der Waals surface area contributed by atoms with E-state index in [1.807, 2.05) is 50.2 Å². The maximum Gasteiger partial charge on any atom is 0.408 e. The number of amides is 2. The third-order valence-electron chi connectivity index (χ3n) is 6.72. The summed E-state index contributed by atoms with van der Waals surface area (Å²) in [5.41, 5.74) is -1.19. The summed E-state index contributed by atoms with van der Waals surface area (Å²) in [6, 6.07) is 16.9. The van der Waals surface area contributed by atoms with Crippen LogP contribution in [0.1, 0.15) is 58.6 Å². The van der Waals surface area contributed by atoms with Gasteiger partial charge in [-0.2, -0.15) is 0 Å². The quantitative estimate of drug-likeness (QED) is 0.288. The number of hydrogen-bond acceptors (Lipinski definition) is 5. The molecule has 2 aromatic rings. The molecule has 0 fully saturated rings. The van der Waals surface area contributed by atoms with Crippen LogP contribution >= 0.6 is 0 Å². The Morgan fingerprint density at radius 2 is 1.45 bits per heavy atom. The van der Waals surface area contributed by atoms with Gasteiger partial charge in [0.25, 0.3) is 0 Å². The summed E-state index contributed by atoms with van der Waals surface area (Å²) >= 11 is 0. The van der Waals surface area contributed by atoms with Gasteiger partial charge in [0.1, 0.15) is 11.8 Å². The first-order valence-corrected chi connectivity index (χ1v) is 15.4. The van der Waals surface area contributed by atoms with Crippen molar-refractivity contribution in [2.24, 2.45) is 11.3 Å². The smallest absolute Gasteiger partial charge is 0.408 e. The van der Waals surface area contributed by atoms with Crippen LogP contribution in [-0.2, 0) is 27.8 Å². The van der Waals surface area contributed by atoms with Crippen LogP contribution in [0.25, 0.3) is 0 Å². The van der Waals surface area contributed by atoms with Crippen LogP contribution in [0.3, 0.4) is 0 Å². The van der Waals surface area contributed by atoms with E-state index in [1.165, 1.54) is 4.31 Å². The molecule has 0 aromatic heterocycles. The highest BCUT2D eigenvalue weighted by Crippen LogP contribution is 2.28. The van der Waals surface area contributed by atoms with Gasteiger partial charge in [-0.15, -0.1) is 0 Å². The number of carboxylic acid groups (broad SMARTS) is 1. The van der Waals surface area contributed by atoms with Gasteiger partial charge in [0, 0.05) is 32.5 Å². The van der Waals surface area contributed by atoms with Crippen molar-refractivity contribution < 1.29 is 28.2 Å². The Labute approximate surface area is 239 Å². The van der Waals surface area contributed by atoms with Crippen molar-refractivity contribution in [1.29, 1.82) is 0 Å². The molecule has 10 heteroatoms. The van der Waals surface area contributed by atoms with Crippen LogP contribution in [0.4, 0.5) is 4.79 Å². The predicted molar refractivity (Wildman–Crippen MR) is 157 cm³/mol. The van der Waals surface area contributed by atoms with Crippen LogP contribution in [0.5, 0.6) is 0 Å². The molecule has 2 rings (SSSR count). The van der Waals surface area contributed by atoms with E-state index in [0.29, 0.717) is 13.0 Å². The summed E-state index contributed by atoms with van der Waals surface area (Å²) in [4.78, 5) is 27.4. The van der Waals surface area contributed by atoms with Crippen LogP contribution in [0.2, 0.25) is 0 Å². The minimum absolute atomic E-state index is 0.0119. The number of carbonyl (C=O) groups is 2. The molecular formula is C30H45N3O6S. The van der Waals surface area contributed by atoms with Crippen molar-refractivity contribution in [3.63, 3.8) is 0 Å². The average molecular weight is 576 g/mol. The molecule has 3 N–H and O–H groups in total. The normalized spacial score (nSPS) is 14.5. The molecular weight excluding hydrogens is 530 g/mol. The summed E-state index contributed by atoms with van der Waals surface area (Å²) in [6.07, 6.45) is 0.454. The molecule has 2 amide bonds. The molecule has 2 atom stereocenters. The molecule has 0 aliphatic rings. The van der Waals surface area contributed by atoms with E-state index in [0.717, 1.165) is 22.3 Å². The van der Waals surface area contributed by atoms with Crippen molar-refractivity contribution >= 4 is 22.0 Å². The summed E-state index contributed by atoms with van der Waals surface area (Å²) < 4.78 is 26.3. The van der Waals surface area contributed by atoms with E-state index in [2.05, 4.69) is 5.32 Å². The number of nitrogens with one attached hydrogen (secondary N) is 1. The zero-order chi connectivity index (χ0) is 30.1. The van der Waals surface area contributed by atoms with Gasteiger partial charge in [0.05, 0.1) is 6.26 Å². The van der Waals surface area contributed by atoms with E-state index in [9.17, 15) is 28.2 Å². The second kappa shape index (κ2) is 14.1. The van der Waals surface area contributed by atoms with Gasteiger partial charge in [-0.05, 0) is 28.9 Å². The summed E-state index contributed by atoms with van der Waals surface area (Å²) in [5, 5.41) is 24.7. The first kappa shape index (κ1) is 33.3. The van der Waals surface area contributed by atoms with E-state index < -0.39 is 39.2 Å². The Balaban J connectivity index is 2.41. The molecule has 0 aliphatic carbocycles. The van der Waals surface area contributed by atoms with Gasteiger partial charge >= 0.3 is 6.09 Å². The van der Waals surface area contributed by atoms with Crippen LogP contribution in [0, 0.1) is 11.3 Å². The number of rotatable bonds is 14. The van der Waals surface area contributed by atoms with E-state index in [4.69, 9.17) is 0 Å². The molecule has 40 heavy (non-hydrogen) atoms. The fourth-order valence-corrected chi connectivity index (χ4v) is 5.49. The molecule has 0 saturated carbocycles.